The average molecular weight is 333 g/mol. The first kappa shape index (κ1) is 15.9. The van der Waals surface area contributed by atoms with Crippen molar-refractivity contribution >= 4 is 27.5 Å². The third kappa shape index (κ3) is 4.50. The van der Waals surface area contributed by atoms with Crippen molar-refractivity contribution in [3.05, 3.63) is 28.8 Å². The summed E-state index contributed by atoms with van der Waals surface area (Å²) in [4.78, 5) is 11.8. The predicted molar refractivity (Wildman–Crippen MR) is 80.6 cm³/mol. The number of carbonyl (C=O) groups excluding carboxylic acids is 1. The number of halogens is 1. The van der Waals surface area contributed by atoms with E-state index in [1.54, 1.807) is 12.1 Å². The highest BCUT2D eigenvalue weighted by Gasteiger charge is 2.24. The van der Waals surface area contributed by atoms with Crippen molar-refractivity contribution in [3.63, 3.8) is 0 Å². The maximum absolute atomic E-state index is 11.8. The van der Waals surface area contributed by atoms with Gasteiger partial charge in [0.2, 0.25) is 0 Å². The van der Waals surface area contributed by atoms with E-state index in [1.807, 2.05) is 6.07 Å². The highest BCUT2D eigenvalue weighted by Crippen LogP contribution is 2.37. The van der Waals surface area contributed by atoms with Crippen LogP contribution < -0.4 is 15.4 Å². The van der Waals surface area contributed by atoms with E-state index in [4.69, 9.17) is 16.3 Å². The van der Waals surface area contributed by atoms with Crippen LogP contribution in [0.3, 0.4) is 0 Å². The van der Waals surface area contributed by atoms with E-state index in [-0.39, 0.29) is 18.3 Å². The molecule has 8 heteroatoms. The highest BCUT2D eigenvalue weighted by atomic mass is 35.5. The van der Waals surface area contributed by atoms with Crippen LogP contribution in [0.2, 0.25) is 5.02 Å². The van der Waals surface area contributed by atoms with Crippen molar-refractivity contribution in [1.82, 2.24) is 10.6 Å². The number of hydrogen-bond donors (Lipinski definition) is 2. The van der Waals surface area contributed by atoms with Crippen molar-refractivity contribution in [3.8, 4) is 5.75 Å². The van der Waals surface area contributed by atoms with Gasteiger partial charge in [-0.1, -0.05) is 23.7 Å². The Balaban J connectivity index is 1.96. The second-order valence-corrected chi connectivity index (χ2v) is 7.54. The summed E-state index contributed by atoms with van der Waals surface area (Å²) in [5.74, 6) is 0.503. The Morgan fingerprint density at radius 1 is 1.48 bits per heavy atom. The maximum Gasteiger partial charge on any atom is 0.315 e. The molecule has 0 radical (unpaired) electrons. The first-order valence-corrected chi connectivity index (χ1v) is 8.94. The molecule has 1 atom stereocenters. The molecule has 2 rings (SSSR count). The number of urea groups is 1. The van der Waals surface area contributed by atoms with Crippen molar-refractivity contribution in [1.29, 1.82) is 0 Å². The van der Waals surface area contributed by atoms with Crippen LogP contribution in [0.5, 0.6) is 5.75 Å². The molecule has 21 heavy (non-hydrogen) atoms. The molecule has 1 heterocycles. The van der Waals surface area contributed by atoms with Gasteiger partial charge < -0.3 is 15.4 Å². The molecule has 116 valence electrons. The number of fused-ring (bicyclic) bond motifs is 1. The van der Waals surface area contributed by atoms with E-state index >= 15 is 0 Å². The lowest BCUT2D eigenvalue weighted by Gasteiger charge is -2.27. The lowest BCUT2D eigenvalue weighted by Crippen LogP contribution is -2.41. The fourth-order valence-electron chi connectivity index (χ4n) is 2.10. The van der Waals surface area contributed by atoms with Gasteiger partial charge in [0.25, 0.3) is 0 Å². The van der Waals surface area contributed by atoms with Crippen molar-refractivity contribution < 1.29 is 17.9 Å². The van der Waals surface area contributed by atoms with Gasteiger partial charge >= 0.3 is 6.03 Å². The highest BCUT2D eigenvalue weighted by molar-refractivity contribution is 7.90. The maximum atomic E-state index is 11.8. The van der Waals surface area contributed by atoms with Crippen LogP contribution in [-0.2, 0) is 9.84 Å². The van der Waals surface area contributed by atoms with Crippen LogP contribution >= 0.6 is 11.6 Å². The van der Waals surface area contributed by atoms with Gasteiger partial charge in [-0.25, -0.2) is 13.2 Å². The predicted octanol–water partition coefficient (Wildman–Crippen LogP) is 1.51. The molecule has 0 bridgehead atoms. The monoisotopic (exact) mass is 332 g/mol. The van der Waals surface area contributed by atoms with Crippen LogP contribution in [0.4, 0.5) is 4.79 Å². The summed E-state index contributed by atoms with van der Waals surface area (Å²) in [5.41, 5.74) is 0.826. The molecular weight excluding hydrogens is 316 g/mol. The molecule has 6 nitrogen and oxygen atoms in total. The van der Waals surface area contributed by atoms with Crippen LogP contribution in [-0.4, -0.2) is 39.6 Å². The zero-order valence-corrected chi connectivity index (χ0v) is 13.1. The van der Waals surface area contributed by atoms with E-state index in [2.05, 4.69) is 10.6 Å². The summed E-state index contributed by atoms with van der Waals surface area (Å²) in [6, 6.07) is 4.77. The van der Waals surface area contributed by atoms with E-state index in [0.717, 1.165) is 11.8 Å². The van der Waals surface area contributed by atoms with Gasteiger partial charge in [-0.05, 0) is 6.07 Å². The normalized spacial score (nSPS) is 17.5. The first-order chi connectivity index (χ1) is 9.87. The van der Waals surface area contributed by atoms with E-state index in [1.165, 1.54) is 0 Å². The van der Waals surface area contributed by atoms with Gasteiger partial charge in [-0.3, -0.25) is 0 Å². The summed E-state index contributed by atoms with van der Waals surface area (Å²) in [6.45, 7) is 0.543. The van der Waals surface area contributed by atoms with Crippen molar-refractivity contribution in [2.75, 3.05) is 25.2 Å². The Kier molecular flexibility index (Phi) is 4.95. The molecule has 1 aromatic rings. The number of carbonyl (C=O) groups is 1. The molecular formula is C13H17ClN2O4S. The molecule has 1 aliphatic rings. The molecule has 1 aromatic carbocycles. The lowest BCUT2D eigenvalue weighted by atomic mass is 10.0. The zero-order chi connectivity index (χ0) is 15.5. The molecule has 1 aliphatic heterocycles. The van der Waals surface area contributed by atoms with Crippen LogP contribution in [0, 0.1) is 0 Å². The number of hydrogen-bond acceptors (Lipinski definition) is 4. The Labute approximate surface area is 128 Å². The third-order valence-corrected chi connectivity index (χ3v) is 4.33. The van der Waals surface area contributed by atoms with E-state index < -0.39 is 15.9 Å². The number of nitrogens with one attached hydrogen (secondary N) is 2. The fraction of sp³-hybridized carbons (Fsp3) is 0.462. The zero-order valence-electron chi connectivity index (χ0n) is 11.6. The minimum absolute atomic E-state index is 0.0797. The molecule has 0 spiro atoms. The largest absolute Gasteiger partial charge is 0.492 e. The quantitative estimate of drug-likeness (QED) is 0.875. The Hall–Kier alpha value is -1.47. The van der Waals surface area contributed by atoms with Gasteiger partial charge in [0.05, 0.1) is 23.4 Å². The number of para-hydroxylation sites is 1. The van der Waals surface area contributed by atoms with Crippen molar-refractivity contribution in [2.24, 2.45) is 0 Å². The smallest absolute Gasteiger partial charge is 0.315 e. The molecule has 0 fully saturated rings. The van der Waals surface area contributed by atoms with Crippen LogP contribution in [0.1, 0.15) is 18.0 Å². The summed E-state index contributed by atoms with van der Waals surface area (Å²) in [7, 11) is -3.09. The van der Waals surface area contributed by atoms with Gasteiger partial charge in [0, 0.05) is 24.8 Å². The first-order valence-electron chi connectivity index (χ1n) is 6.50. The second-order valence-electron chi connectivity index (χ2n) is 4.88. The average Bonchev–Trinajstić information content (AvgIpc) is 2.38. The Bertz CT molecular complexity index is 633. The number of sulfone groups is 1. The Morgan fingerprint density at radius 3 is 2.95 bits per heavy atom. The molecule has 2 N–H and O–H groups in total. The minimum Gasteiger partial charge on any atom is -0.492 e. The number of ether oxygens (including phenoxy) is 1. The SMILES string of the molecule is CS(=O)(=O)CCNC(=O)N[C@@H]1CCOc2c(Cl)cccc21. The topological polar surface area (TPSA) is 84.5 Å². The van der Waals surface area contributed by atoms with Crippen LogP contribution in [0.25, 0.3) is 0 Å². The summed E-state index contributed by atoms with van der Waals surface area (Å²) >= 11 is 6.06. The van der Waals surface area contributed by atoms with Crippen LogP contribution in [0.15, 0.2) is 18.2 Å². The molecule has 0 saturated heterocycles. The van der Waals surface area contributed by atoms with E-state index in [0.29, 0.717) is 23.8 Å². The van der Waals surface area contributed by atoms with E-state index in [9.17, 15) is 13.2 Å². The molecule has 0 aromatic heterocycles. The molecule has 0 unspecified atom stereocenters. The number of benzene rings is 1. The molecule has 2 amide bonds. The summed E-state index contributed by atoms with van der Waals surface area (Å²) in [6.07, 6.45) is 1.76. The second kappa shape index (κ2) is 6.53. The standard InChI is InChI=1S/C13H17ClN2O4S/c1-21(18,19)8-6-15-13(17)16-11-5-7-20-12-9(11)3-2-4-10(12)14/h2-4,11H,5-8H2,1H3,(H2,15,16,17)/t11-/m1/s1. The fourth-order valence-corrected chi connectivity index (χ4v) is 2.80. The third-order valence-electron chi connectivity index (χ3n) is 3.09. The lowest BCUT2D eigenvalue weighted by molar-refractivity contribution is 0.224. The van der Waals surface area contributed by atoms with Gasteiger partial charge in [0.15, 0.2) is 0 Å². The van der Waals surface area contributed by atoms with Gasteiger partial charge in [0.1, 0.15) is 15.6 Å². The summed E-state index contributed by atoms with van der Waals surface area (Å²) in [5, 5.41) is 5.84. The van der Waals surface area contributed by atoms with Gasteiger partial charge in [-0.15, -0.1) is 0 Å². The van der Waals surface area contributed by atoms with Crippen molar-refractivity contribution in [2.45, 2.75) is 12.5 Å². The minimum atomic E-state index is -3.09. The molecule has 0 aliphatic carbocycles. The van der Waals surface area contributed by atoms with Gasteiger partial charge in [-0.2, -0.15) is 0 Å². The summed E-state index contributed by atoms with van der Waals surface area (Å²) < 4.78 is 27.5. The Morgan fingerprint density at radius 2 is 2.24 bits per heavy atom. The molecule has 0 saturated carbocycles. The number of amides is 2. The number of rotatable bonds is 4.